The summed E-state index contributed by atoms with van der Waals surface area (Å²) in [4.78, 5) is 23.6. The van der Waals surface area contributed by atoms with Crippen LogP contribution in [0.4, 0.5) is 10.7 Å². The van der Waals surface area contributed by atoms with Gasteiger partial charge in [-0.1, -0.05) is 0 Å². The number of primary amides is 1. The molecule has 0 unspecified atom stereocenters. The van der Waals surface area contributed by atoms with Crippen molar-refractivity contribution in [2.24, 2.45) is 17.6 Å². The number of carbonyl (C=O) groups excluding carboxylic acids is 2. The average molecular weight is 293 g/mol. The Morgan fingerprint density at radius 1 is 1.25 bits per heavy atom. The molecule has 3 rings (SSSR count). The van der Waals surface area contributed by atoms with Gasteiger partial charge in [-0.05, 0) is 37.5 Å². The van der Waals surface area contributed by atoms with Crippen LogP contribution in [0.25, 0.3) is 0 Å². The largest absolute Gasteiger partial charge is 0.397 e. The van der Waals surface area contributed by atoms with Crippen molar-refractivity contribution >= 4 is 33.7 Å². The van der Waals surface area contributed by atoms with Gasteiger partial charge in [-0.15, -0.1) is 11.3 Å². The van der Waals surface area contributed by atoms with E-state index in [0.717, 1.165) is 0 Å². The number of rotatable bonds is 6. The fraction of sp³-hybridized carbons (Fsp3) is 0.571. The van der Waals surface area contributed by atoms with E-state index in [2.05, 4.69) is 5.32 Å². The number of hydrogen-bond acceptors (Lipinski definition) is 5. The number of thiophene rings is 1. The average Bonchev–Trinajstić information content (AvgIpc) is 3.23. The SMILES string of the molecule is CC(=O)c1sc(NC(C2CC2)C2CC2)c(C(N)=O)c1N. The van der Waals surface area contributed by atoms with E-state index in [1.807, 2.05) is 0 Å². The first kappa shape index (κ1) is 13.4. The van der Waals surface area contributed by atoms with Gasteiger partial charge in [0.25, 0.3) is 5.91 Å². The fourth-order valence-electron chi connectivity index (χ4n) is 2.73. The van der Waals surface area contributed by atoms with Crippen molar-refractivity contribution in [3.05, 3.63) is 10.4 Å². The first-order valence-corrected chi connectivity index (χ1v) is 7.80. The van der Waals surface area contributed by atoms with Gasteiger partial charge in [0.05, 0.1) is 16.1 Å². The van der Waals surface area contributed by atoms with E-state index in [4.69, 9.17) is 11.5 Å². The lowest BCUT2D eigenvalue weighted by molar-refractivity contribution is 0.100. The Balaban J connectivity index is 1.92. The summed E-state index contributed by atoms with van der Waals surface area (Å²) in [7, 11) is 0. The summed E-state index contributed by atoms with van der Waals surface area (Å²) in [5.41, 5.74) is 11.8. The molecule has 2 saturated carbocycles. The van der Waals surface area contributed by atoms with Crippen molar-refractivity contribution in [1.29, 1.82) is 0 Å². The van der Waals surface area contributed by atoms with Crippen molar-refractivity contribution in [2.45, 2.75) is 38.6 Å². The molecule has 1 aromatic rings. The second-order valence-corrected chi connectivity index (χ2v) is 6.84. The lowest BCUT2D eigenvalue weighted by Gasteiger charge is -2.18. The highest BCUT2D eigenvalue weighted by molar-refractivity contribution is 7.19. The summed E-state index contributed by atoms with van der Waals surface area (Å²) in [6.07, 6.45) is 4.95. The number of Topliss-reactive ketones (excluding diaryl/α,β-unsaturated/α-hetero) is 1. The number of nitrogens with one attached hydrogen (secondary N) is 1. The van der Waals surface area contributed by atoms with Gasteiger partial charge >= 0.3 is 0 Å². The third kappa shape index (κ3) is 2.40. The predicted octanol–water partition coefficient (Wildman–Crippen LogP) is 2.23. The number of hydrogen-bond donors (Lipinski definition) is 3. The van der Waals surface area contributed by atoms with Gasteiger partial charge in [-0.3, -0.25) is 9.59 Å². The molecule has 0 saturated heterocycles. The van der Waals surface area contributed by atoms with E-state index >= 15 is 0 Å². The Morgan fingerprint density at radius 2 is 1.80 bits per heavy atom. The van der Waals surface area contributed by atoms with Gasteiger partial charge in [0, 0.05) is 13.0 Å². The first-order chi connectivity index (χ1) is 9.49. The molecule has 5 N–H and O–H groups in total. The number of amides is 1. The van der Waals surface area contributed by atoms with Gasteiger partial charge < -0.3 is 16.8 Å². The van der Waals surface area contributed by atoms with E-state index in [1.54, 1.807) is 0 Å². The fourth-order valence-corrected chi connectivity index (χ4v) is 3.80. The van der Waals surface area contributed by atoms with Gasteiger partial charge in [0.15, 0.2) is 5.78 Å². The molecule has 0 aliphatic heterocycles. The van der Waals surface area contributed by atoms with Crippen LogP contribution in [0.2, 0.25) is 0 Å². The summed E-state index contributed by atoms with van der Waals surface area (Å²) in [6, 6.07) is 0.394. The lowest BCUT2D eigenvalue weighted by atomic mass is 10.1. The Labute approximate surface area is 121 Å². The molecule has 0 spiro atoms. The minimum Gasteiger partial charge on any atom is -0.397 e. The van der Waals surface area contributed by atoms with Crippen LogP contribution in [-0.2, 0) is 0 Å². The van der Waals surface area contributed by atoms with Gasteiger partial charge in [0.1, 0.15) is 5.00 Å². The topological polar surface area (TPSA) is 98.2 Å². The number of carbonyl (C=O) groups is 2. The van der Waals surface area contributed by atoms with Crippen LogP contribution in [0, 0.1) is 11.8 Å². The molecule has 1 heterocycles. The zero-order chi connectivity index (χ0) is 14.4. The van der Waals surface area contributed by atoms with Crippen LogP contribution in [0.1, 0.15) is 52.6 Å². The number of anilines is 2. The van der Waals surface area contributed by atoms with Crippen molar-refractivity contribution in [1.82, 2.24) is 0 Å². The van der Waals surface area contributed by atoms with E-state index in [1.165, 1.54) is 43.9 Å². The molecule has 1 aromatic heterocycles. The standard InChI is InChI=1S/C14H19N3O2S/c1-6(18)12-10(15)9(13(16)19)14(20-12)17-11(7-2-3-7)8-4-5-8/h7-8,11,17H,2-5,15H2,1H3,(H2,16,19). The maximum absolute atomic E-state index is 11.6. The van der Waals surface area contributed by atoms with E-state index in [-0.39, 0.29) is 17.0 Å². The van der Waals surface area contributed by atoms with Crippen LogP contribution in [-0.4, -0.2) is 17.7 Å². The summed E-state index contributed by atoms with van der Waals surface area (Å²) >= 11 is 1.25. The van der Waals surface area contributed by atoms with Crippen molar-refractivity contribution in [2.75, 3.05) is 11.1 Å². The van der Waals surface area contributed by atoms with E-state index < -0.39 is 5.91 Å². The third-order valence-corrected chi connectivity index (χ3v) is 5.31. The van der Waals surface area contributed by atoms with Crippen LogP contribution in [0.3, 0.4) is 0 Å². The van der Waals surface area contributed by atoms with Crippen LogP contribution >= 0.6 is 11.3 Å². The molecule has 5 nitrogen and oxygen atoms in total. The Bertz CT molecular complexity index is 561. The van der Waals surface area contributed by atoms with E-state index in [9.17, 15) is 9.59 Å². The lowest BCUT2D eigenvalue weighted by Crippen LogP contribution is -2.25. The Kier molecular flexibility index (Phi) is 3.20. The van der Waals surface area contributed by atoms with E-state index in [0.29, 0.717) is 27.8 Å². The molecule has 20 heavy (non-hydrogen) atoms. The molecular formula is C14H19N3O2S. The summed E-state index contributed by atoms with van der Waals surface area (Å²) in [5, 5.41) is 4.12. The van der Waals surface area contributed by atoms with Crippen molar-refractivity contribution in [3.63, 3.8) is 0 Å². The quantitative estimate of drug-likeness (QED) is 0.700. The normalized spacial score (nSPS) is 18.3. The molecule has 0 aromatic carbocycles. The predicted molar refractivity (Wildman–Crippen MR) is 80.1 cm³/mol. The number of ketones is 1. The van der Waals surface area contributed by atoms with Crippen LogP contribution < -0.4 is 16.8 Å². The maximum atomic E-state index is 11.6. The highest BCUT2D eigenvalue weighted by Crippen LogP contribution is 2.47. The molecule has 2 aliphatic carbocycles. The third-order valence-electron chi connectivity index (χ3n) is 4.07. The molecule has 1 amide bonds. The maximum Gasteiger partial charge on any atom is 0.253 e. The molecule has 108 valence electrons. The second-order valence-electron chi connectivity index (χ2n) is 5.81. The molecule has 0 atom stereocenters. The highest BCUT2D eigenvalue weighted by atomic mass is 32.1. The zero-order valence-corrected chi connectivity index (χ0v) is 12.3. The second kappa shape index (κ2) is 4.77. The molecule has 6 heteroatoms. The van der Waals surface area contributed by atoms with Gasteiger partial charge in [0.2, 0.25) is 0 Å². The molecule has 2 fully saturated rings. The van der Waals surface area contributed by atoms with Gasteiger partial charge in [-0.25, -0.2) is 0 Å². The number of nitrogen functional groups attached to an aromatic ring is 1. The molecule has 0 bridgehead atoms. The van der Waals surface area contributed by atoms with Gasteiger partial charge in [-0.2, -0.15) is 0 Å². The minimum absolute atomic E-state index is 0.127. The Morgan fingerprint density at radius 3 is 2.20 bits per heavy atom. The summed E-state index contributed by atoms with van der Waals surface area (Å²) < 4.78 is 0. The van der Waals surface area contributed by atoms with Crippen LogP contribution in [0.5, 0.6) is 0 Å². The molecule has 2 aliphatic rings. The zero-order valence-electron chi connectivity index (χ0n) is 11.4. The monoisotopic (exact) mass is 293 g/mol. The molecule has 0 radical (unpaired) electrons. The minimum atomic E-state index is -0.570. The number of nitrogens with two attached hydrogens (primary N) is 2. The smallest absolute Gasteiger partial charge is 0.253 e. The summed E-state index contributed by atoms with van der Waals surface area (Å²) in [6.45, 7) is 1.45. The first-order valence-electron chi connectivity index (χ1n) is 6.98. The Hall–Kier alpha value is -1.56. The highest BCUT2D eigenvalue weighted by Gasteiger charge is 2.42. The van der Waals surface area contributed by atoms with Crippen LogP contribution in [0.15, 0.2) is 0 Å². The molecular weight excluding hydrogens is 274 g/mol. The van der Waals surface area contributed by atoms with Crippen molar-refractivity contribution < 1.29 is 9.59 Å². The summed E-state index contributed by atoms with van der Waals surface area (Å²) in [5.74, 6) is 0.677. The van der Waals surface area contributed by atoms with Crippen molar-refractivity contribution in [3.8, 4) is 0 Å².